The van der Waals surface area contributed by atoms with Crippen LogP contribution >= 0.6 is 0 Å². The van der Waals surface area contributed by atoms with Gasteiger partial charge in [-0.1, -0.05) is 12.8 Å². The summed E-state index contributed by atoms with van der Waals surface area (Å²) in [5, 5.41) is 5.42. The molecule has 1 aromatic rings. The molecule has 1 aromatic carbocycles. The van der Waals surface area contributed by atoms with Crippen molar-refractivity contribution in [1.82, 2.24) is 4.90 Å². The van der Waals surface area contributed by atoms with Crippen molar-refractivity contribution in [1.29, 1.82) is 0 Å². The molecule has 1 aliphatic carbocycles. The SMILES string of the molecule is CC(=O)Nc1cc(NC(C)=O)cc(C(=O)N2CCC[C@@H]3CCCC[C@@H]32)c1. The lowest BCUT2D eigenvalue weighted by Gasteiger charge is -2.44. The molecule has 0 unspecified atom stereocenters. The Morgan fingerprint density at radius 1 is 0.885 bits per heavy atom. The van der Waals surface area contributed by atoms with E-state index in [0.717, 1.165) is 19.4 Å². The van der Waals surface area contributed by atoms with Gasteiger partial charge in [-0.2, -0.15) is 0 Å². The zero-order chi connectivity index (χ0) is 18.7. The van der Waals surface area contributed by atoms with Gasteiger partial charge in [-0.15, -0.1) is 0 Å². The van der Waals surface area contributed by atoms with Crippen LogP contribution in [-0.4, -0.2) is 35.2 Å². The molecule has 1 aliphatic heterocycles. The topological polar surface area (TPSA) is 78.5 Å². The molecule has 2 aliphatic rings. The van der Waals surface area contributed by atoms with Gasteiger partial charge in [0.15, 0.2) is 0 Å². The van der Waals surface area contributed by atoms with E-state index in [1.165, 1.54) is 39.5 Å². The van der Waals surface area contributed by atoms with Crippen molar-refractivity contribution in [2.24, 2.45) is 5.92 Å². The largest absolute Gasteiger partial charge is 0.335 e. The molecule has 3 rings (SSSR count). The highest BCUT2D eigenvalue weighted by Crippen LogP contribution is 2.36. The van der Waals surface area contributed by atoms with Crippen LogP contribution in [0.1, 0.15) is 62.7 Å². The second-order valence-electron chi connectivity index (χ2n) is 7.41. The number of benzene rings is 1. The minimum Gasteiger partial charge on any atom is -0.335 e. The summed E-state index contributed by atoms with van der Waals surface area (Å²) in [4.78, 5) is 38.1. The third-order valence-corrected chi connectivity index (χ3v) is 5.32. The van der Waals surface area contributed by atoms with Crippen molar-refractivity contribution in [2.45, 2.75) is 58.4 Å². The highest BCUT2D eigenvalue weighted by molar-refractivity contribution is 6.00. The number of carbonyl (C=O) groups excluding carboxylic acids is 3. The van der Waals surface area contributed by atoms with Crippen molar-refractivity contribution >= 4 is 29.1 Å². The summed E-state index contributed by atoms with van der Waals surface area (Å²) < 4.78 is 0. The van der Waals surface area contributed by atoms with Gasteiger partial charge in [0.1, 0.15) is 0 Å². The molecular formula is C20H27N3O3. The Balaban J connectivity index is 1.89. The van der Waals surface area contributed by atoms with E-state index in [1.807, 2.05) is 4.90 Å². The average Bonchev–Trinajstić information content (AvgIpc) is 2.59. The van der Waals surface area contributed by atoms with Crippen LogP contribution in [0.15, 0.2) is 18.2 Å². The van der Waals surface area contributed by atoms with E-state index in [0.29, 0.717) is 28.9 Å². The number of nitrogens with one attached hydrogen (secondary N) is 2. The summed E-state index contributed by atoms with van der Waals surface area (Å²) in [5.74, 6) is 0.164. The second kappa shape index (κ2) is 7.89. The molecule has 1 heterocycles. The zero-order valence-corrected chi connectivity index (χ0v) is 15.5. The van der Waals surface area contributed by atoms with Crippen molar-refractivity contribution in [3.8, 4) is 0 Å². The number of amides is 3. The number of piperidine rings is 1. The van der Waals surface area contributed by atoms with Crippen molar-refractivity contribution < 1.29 is 14.4 Å². The number of likely N-dealkylation sites (tertiary alicyclic amines) is 1. The van der Waals surface area contributed by atoms with E-state index in [1.54, 1.807) is 18.2 Å². The predicted molar refractivity (Wildman–Crippen MR) is 101 cm³/mol. The van der Waals surface area contributed by atoms with Gasteiger partial charge in [-0.25, -0.2) is 0 Å². The highest BCUT2D eigenvalue weighted by Gasteiger charge is 2.36. The fraction of sp³-hybridized carbons (Fsp3) is 0.550. The lowest BCUT2D eigenvalue weighted by molar-refractivity contribution is -0.115. The van der Waals surface area contributed by atoms with E-state index in [-0.39, 0.29) is 17.7 Å². The minimum absolute atomic E-state index is 0.0135. The Bertz CT molecular complexity index is 680. The molecule has 26 heavy (non-hydrogen) atoms. The number of rotatable bonds is 3. The van der Waals surface area contributed by atoms with Gasteiger partial charge in [-0.3, -0.25) is 14.4 Å². The van der Waals surface area contributed by atoms with E-state index in [4.69, 9.17) is 0 Å². The van der Waals surface area contributed by atoms with Crippen molar-refractivity contribution in [2.75, 3.05) is 17.2 Å². The summed E-state index contributed by atoms with van der Waals surface area (Å²) in [5.41, 5.74) is 1.54. The van der Waals surface area contributed by atoms with Crippen LogP contribution < -0.4 is 10.6 Å². The highest BCUT2D eigenvalue weighted by atomic mass is 16.2. The monoisotopic (exact) mass is 357 g/mol. The second-order valence-corrected chi connectivity index (χ2v) is 7.41. The maximum Gasteiger partial charge on any atom is 0.254 e. The number of nitrogens with zero attached hydrogens (tertiary/aromatic N) is 1. The van der Waals surface area contributed by atoms with Crippen LogP contribution in [0.4, 0.5) is 11.4 Å². The number of carbonyl (C=O) groups is 3. The fourth-order valence-electron chi connectivity index (χ4n) is 4.34. The minimum atomic E-state index is -0.214. The summed E-state index contributed by atoms with van der Waals surface area (Å²) >= 11 is 0. The molecule has 140 valence electrons. The van der Waals surface area contributed by atoms with Gasteiger partial charge in [0.2, 0.25) is 11.8 Å². The molecule has 0 spiro atoms. The molecule has 0 radical (unpaired) electrons. The molecule has 0 bridgehead atoms. The summed E-state index contributed by atoms with van der Waals surface area (Å²) in [7, 11) is 0. The van der Waals surface area contributed by atoms with Crippen LogP contribution in [-0.2, 0) is 9.59 Å². The molecule has 2 N–H and O–H groups in total. The van der Waals surface area contributed by atoms with Crippen LogP contribution in [0.25, 0.3) is 0 Å². The molecule has 1 saturated carbocycles. The van der Waals surface area contributed by atoms with E-state index in [9.17, 15) is 14.4 Å². The van der Waals surface area contributed by atoms with Gasteiger partial charge >= 0.3 is 0 Å². The zero-order valence-electron chi connectivity index (χ0n) is 15.5. The number of fused-ring (bicyclic) bond motifs is 1. The Labute approximate surface area is 154 Å². The van der Waals surface area contributed by atoms with Gasteiger partial charge < -0.3 is 15.5 Å². The van der Waals surface area contributed by atoms with Crippen LogP contribution in [0, 0.1) is 5.92 Å². The van der Waals surface area contributed by atoms with Gasteiger partial charge in [0.25, 0.3) is 5.91 Å². The van der Waals surface area contributed by atoms with Crippen LogP contribution in [0.3, 0.4) is 0 Å². The molecule has 2 atom stereocenters. The Morgan fingerprint density at radius 3 is 2.08 bits per heavy atom. The molecular weight excluding hydrogens is 330 g/mol. The van der Waals surface area contributed by atoms with Crippen molar-refractivity contribution in [3.05, 3.63) is 23.8 Å². The van der Waals surface area contributed by atoms with E-state index in [2.05, 4.69) is 10.6 Å². The first-order chi connectivity index (χ1) is 12.4. The Morgan fingerprint density at radius 2 is 1.46 bits per heavy atom. The smallest absolute Gasteiger partial charge is 0.254 e. The number of hydrogen-bond acceptors (Lipinski definition) is 3. The van der Waals surface area contributed by atoms with Gasteiger partial charge in [0.05, 0.1) is 0 Å². The predicted octanol–water partition coefficient (Wildman–Crippen LogP) is 3.40. The Hall–Kier alpha value is -2.37. The number of hydrogen-bond donors (Lipinski definition) is 2. The maximum absolute atomic E-state index is 13.2. The third kappa shape index (κ3) is 4.23. The van der Waals surface area contributed by atoms with E-state index >= 15 is 0 Å². The average molecular weight is 357 g/mol. The quantitative estimate of drug-likeness (QED) is 0.870. The molecule has 6 heteroatoms. The lowest BCUT2D eigenvalue weighted by Crippen LogP contribution is -2.49. The third-order valence-electron chi connectivity index (χ3n) is 5.32. The lowest BCUT2D eigenvalue weighted by atomic mass is 9.78. The van der Waals surface area contributed by atoms with E-state index < -0.39 is 0 Å². The first kappa shape index (κ1) is 18.4. The van der Waals surface area contributed by atoms with Crippen LogP contribution in [0.2, 0.25) is 0 Å². The normalized spacial score (nSPS) is 22.3. The molecule has 0 aromatic heterocycles. The van der Waals surface area contributed by atoms with Gasteiger partial charge in [0, 0.05) is 43.4 Å². The molecule has 3 amide bonds. The first-order valence-corrected chi connectivity index (χ1v) is 9.45. The summed E-state index contributed by atoms with van der Waals surface area (Å²) in [6.07, 6.45) is 6.95. The van der Waals surface area contributed by atoms with Crippen LogP contribution in [0.5, 0.6) is 0 Å². The van der Waals surface area contributed by atoms with Crippen molar-refractivity contribution in [3.63, 3.8) is 0 Å². The molecule has 6 nitrogen and oxygen atoms in total. The standard InChI is InChI=1S/C20H27N3O3/c1-13(24)21-17-10-16(11-18(12-17)22-14(2)25)20(26)23-9-5-7-15-6-3-4-8-19(15)23/h10-12,15,19H,3-9H2,1-2H3,(H,21,24)(H,22,25)/t15-,19-/m0/s1. The fourth-order valence-corrected chi connectivity index (χ4v) is 4.34. The van der Waals surface area contributed by atoms with Gasteiger partial charge in [-0.05, 0) is 49.8 Å². The first-order valence-electron chi connectivity index (χ1n) is 9.45. The molecule has 2 fully saturated rings. The number of anilines is 2. The maximum atomic E-state index is 13.2. The summed E-state index contributed by atoms with van der Waals surface area (Å²) in [6.45, 7) is 3.62. The Kier molecular flexibility index (Phi) is 5.59. The summed E-state index contributed by atoms with van der Waals surface area (Å²) in [6, 6.07) is 5.38. The molecule has 1 saturated heterocycles.